The van der Waals surface area contributed by atoms with Crippen LogP contribution in [0.15, 0.2) is 0 Å². The van der Waals surface area contributed by atoms with Crippen molar-refractivity contribution in [3.63, 3.8) is 0 Å². The highest BCUT2D eigenvalue weighted by Gasteiger charge is 1.68. The number of carbonyl (C=O) groups excluding carboxylic acids is 1. The molecule has 0 aliphatic rings. The van der Waals surface area contributed by atoms with Gasteiger partial charge in [-0.25, -0.2) is 0 Å². The van der Waals surface area contributed by atoms with E-state index < -0.39 is 10.8 Å². The molecule has 1 amide bonds. The number of rotatable bonds is 3. The summed E-state index contributed by atoms with van der Waals surface area (Å²) in [6, 6.07) is 0. The third-order valence-electron chi connectivity index (χ3n) is 0.619. The van der Waals surface area contributed by atoms with Crippen LogP contribution in [0.5, 0.6) is 0 Å². The predicted molar refractivity (Wildman–Crippen MR) is 61.9 cm³/mol. The molecule has 88 valence electrons. The van der Waals surface area contributed by atoms with Crippen molar-refractivity contribution in [2.75, 3.05) is 39.8 Å². The lowest BCUT2D eigenvalue weighted by Crippen LogP contribution is -2.06. The van der Waals surface area contributed by atoms with Crippen molar-refractivity contribution in [2.45, 2.75) is 13.8 Å². The molecule has 0 fully saturated rings. The minimum absolute atomic E-state index is 0.611. The molecule has 0 saturated heterocycles. The first kappa shape index (κ1) is 19.2. The van der Waals surface area contributed by atoms with Gasteiger partial charge in [-0.2, -0.15) is 0 Å². The summed E-state index contributed by atoms with van der Waals surface area (Å²) in [5.41, 5.74) is 0. The van der Waals surface area contributed by atoms with E-state index in [9.17, 15) is 9.00 Å². The largest absolute Gasteiger partial charge is 0.382 e. The van der Waals surface area contributed by atoms with Crippen LogP contribution in [0.25, 0.3) is 0 Å². The lowest BCUT2D eigenvalue weighted by Gasteiger charge is -1.93. The highest BCUT2D eigenvalue weighted by atomic mass is 32.2. The molecule has 0 N–H and O–H groups in total. The molecule has 0 bridgehead atoms. The summed E-state index contributed by atoms with van der Waals surface area (Å²) in [6.07, 6.45) is 4.03. The van der Waals surface area contributed by atoms with Crippen LogP contribution in [0.1, 0.15) is 13.8 Å². The van der Waals surface area contributed by atoms with Crippen LogP contribution in [-0.4, -0.2) is 55.3 Å². The Morgan fingerprint density at radius 2 is 1.43 bits per heavy atom. The molecule has 0 aromatic rings. The van der Waals surface area contributed by atoms with E-state index in [0.717, 1.165) is 19.6 Å². The Bertz CT molecular complexity index is 123. The topological polar surface area (TPSA) is 46.6 Å². The van der Waals surface area contributed by atoms with Gasteiger partial charge >= 0.3 is 0 Å². The minimum Gasteiger partial charge on any atom is -0.382 e. The zero-order chi connectivity index (χ0) is 12.0. The third-order valence-corrected chi connectivity index (χ3v) is 0.619. The van der Waals surface area contributed by atoms with Crippen molar-refractivity contribution in [3.8, 4) is 0 Å². The number of nitrogens with zero attached hydrogens (tertiary/aromatic N) is 1. The molecule has 0 unspecified atom stereocenters. The molecule has 0 radical (unpaired) electrons. The molecule has 0 saturated carbocycles. The quantitative estimate of drug-likeness (QED) is 0.666. The molecule has 0 aromatic carbocycles. The van der Waals surface area contributed by atoms with Gasteiger partial charge in [0.05, 0.1) is 0 Å². The maximum atomic E-state index is 9.56. The molecule has 0 aliphatic carbocycles. The fourth-order valence-electron chi connectivity index (χ4n) is 0.204. The molecule has 14 heavy (non-hydrogen) atoms. The zero-order valence-electron chi connectivity index (χ0n) is 10.1. The summed E-state index contributed by atoms with van der Waals surface area (Å²) in [6.45, 7) is 5.67. The van der Waals surface area contributed by atoms with E-state index in [1.807, 2.05) is 13.8 Å². The standard InChI is InChI=1S/C4H10O.C3H7NO.C2H6OS/c1-3-5-4-2;1-4(2)3-5;1-4(2)3/h3-4H2,1-2H3;3H,1-2H3;1-2H3. The van der Waals surface area contributed by atoms with Gasteiger partial charge in [-0.05, 0) is 13.8 Å². The monoisotopic (exact) mass is 225 g/mol. The molecule has 4 nitrogen and oxygen atoms in total. The summed E-state index contributed by atoms with van der Waals surface area (Å²) in [7, 11) is 2.76. The van der Waals surface area contributed by atoms with E-state index in [4.69, 9.17) is 4.74 Å². The van der Waals surface area contributed by atoms with Gasteiger partial charge in [-0.15, -0.1) is 0 Å². The summed E-state index contributed by atoms with van der Waals surface area (Å²) in [5, 5.41) is 0. The number of ether oxygens (including phenoxy) is 1. The van der Waals surface area contributed by atoms with Gasteiger partial charge in [0.2, 0.25) is 6.41 Å². The fourth-order valence-corrected chi connectivity index (χ4v) is 0.204. The van der Waals surface area contributed by atoms with Crippen molar-refractivity contribution >= 4 is 17.2 Å². The molecule has 0 aromatic heterocycles. The lowest BCUT2D eigenvalue weighted by molar-refractivity contribution is -0.115. The smallest absolute Gasteiger partial charge is 0.209 e. The predicted octanol–water partition coefficient (Wildman–Crippen LogP) is 0.742. The Hall–Kier alpha value is -0.420. The van der Waals surface area contributed by atoms with Crippen LogP contribution in [0.2, 0.25) is 0 Å². The van der Waals surface area contributed by atoms with Crippen molar-refractivity contribution in [2.24, 2.45) is 0 Å². The first-order chi connectivity index (χ1) is 6.42. The van der Waals surface area contributed by atoms with Crippen LogP contribution in [0, 0.1) is 0 Å². The number of amides is 1. The summed E-state index contributed by atoms with van der Waals surface area (Å²) >= 11 is 0. The first-order valence-corrected chi connectivity index (χ1v) is 6.33. The maximum absolute atomic E-state index is 9.56. The van der Waals surface area contributed by atoms with E-state index >= 15 is 0 Å². The first-order valence-electron chi connectivity index (χ1n) is 4.36. The average molecular weight is 225 g/mol. The Morgan fingerprint density at radius 3 is 1.43 bits per heavy atom. The van der Waals surface area contributed by atoms with Gasteiger partial charge in [-0.1, -0.05) is 0 Å². The summed E-state index contributed by atoms with van der Waals surface area (Å²) < 4.78 is 14.4. The molecule has 0 rings (SSSR count). The second-order valence-corrected chi connectivity index (χ2v) is 4.08. The van der Waals surface area contributed by atoms with Gasteiger partial charge in [0.25, 0.3) is 0 Å². The van der Waals surface area contributed by atoms with Crippen molar-refractivity contribution < 1.29 is 13.7 Å². The van der Waals surface area contributed by atoms with Crippen molar-refractivity contribution in [1.82, 2.24) is 4.90 Å². The van der Waals surface area contributed by atoms with Crippen LogP contribution in [-0.2, 0) is 20.3 Å². The third kappa shape index (κ3) is 101. The molecular formula is C9H23NO3S. The molecule has 0 heterocycles. The van der Waals surface area contributed by atoms with Crippen LogP contribution >= 0.6 is 0 Å². The Balaban J connectivity index is -0.000000131. The second-order valence-electron chi connectivity index (χ2n) is 2.59. The summed E-state index contributed by atoms with van der Waals surface area (Å²) in [5.74, 6) is 0. The maximum Gasteiger partial charge on any atom is 0.209 e. The van der Waals surface area contributed by atoms with Gasteiger partial charge in [0, 0.05) is 50.6 Å². The van der Waals surface area contributed by atoms with Crippen LogP contribution < -0.4 is 0 Å². The van der Waals surface area contributed by atoms with Crippen molar-refractivity contribution in [1.29, 1.82) is 0 Å². The van der Waals surface area contributed by atoms with E-state index in [-0.39, 0.29) is 0 Å². The van der Waals surface area contributed by atoms with Crippen LogP contribution in [0.3, 0.4) is 0 Å². The highest BCUT2D eigenvalue weighted by molar-refractivity contribution is 7.83. The minimum atomic E-state index is -0.611. The second kappa shape index (κ2) is 18.4. The van der Waals surface area contributed by atoms with Crippen LogP contribution in [0.4, 0.5) is 0 Å². The van der Waals surface area contributed by atoms with Crippen molar-refractivity contribution in [3.05, 3.63) is 0 Å². The van der Waals surface area contributed by atoms with Gasteiger partial charge in [-0.3, -0.25) is 9.00 Å². The van der Waals surface area contributed by atoms with E-state index in [1.165, 1.54) is 4.90 Å². The zero-order valence-corrected chi connectivity index (χ0v) is 10.9. The Kier molecular flexibility index (Phi) is 25.2. The van der Waals surface area contributed by atoms with Gasteiger partial charge in [0.15, 0.2) is 0 Å². The average Bonchev–Trinajstić information content (AvgIpc) is 2.06. The highest BCUT2D eigenvalue weighted by Crippen LogP contribution is 1.64. The molecule has 0 spiro atoms. The van der Waals surface area contributed by atoms with E-state index in [2.05, 4.69) is 0 Å². The normalized spacial score (nSPS) is 7.93. The Morgan fingerprint density at radius 1 is 1.21 bits per heavy atom. The van der Waals surface area contributed by atoms with E-state index in [0.29, 0.717) is 0 Å². The summed E-state index contributed by atoms with van der Waals surface area (Å²) in [4.78, 5) is 10.9. The SMILES string of the molecule is CCOCC.CN(C)C=O.CS(C)=O. The lowest BCUT2D eigenvalue weighted by atomic mass is 10.8. The molecule has 5 heteroatoms. The molecule has 0 atom stereocenters. The molecular weight excluding hydrogens is 202 g/mol. The fraction of sp³-hybridized carbons (Fsp3) is 0.889. The number of hydrogen-bond acceptors (Lipinski definition) is 3. The Labute approximate surface area is 90.1 Å². The van der Waals surface area contributed by atoms with Gasteiger partial charge in [0.1, 0.15) is 0 Å². The number of hydrogen-bond donors (Lipinski definition) is 0. The number of carbonyl (C=O) groups is 1. The van der Waals surface area contributed by atoms with Gasteiger partial charge < -0.3 is 9.64 Å². The van der Waals surface area contributed by atoms with E-state index in [1.54, 1.807) is 26.6 Å². The molecule has 0 aliphatic heterocycles.